The zero-order valence-corrected chi connectivity index (χ0v) is 17.3. The van der Waals surface area contributed by atoms with Crippen molar-refractivity contribution in [3.8, 4) is 17.2 Å². The van der Waals surface area contributed by atoms with Crippen LogP contribution in [0.4, 0.5) is 24.5 Å². The Hall–Kier alpha value is -3.11. The molecule has 0 aliphatic carbocycles. The smallest absolute Gasteiger partial charge is 0.457 e. The van der Waals surface area contributed by atoms with Gasteiger partial charge in [0, 0.05) is 6.54 Å². The van der Waals surface area contributed by atoms with E-state index in [-0.39, 0.29) is 5.75 Å². The summed E-state index contributed by atoms with van der Waals surface area (Å²) in [5.74, 6) is 0.281. The van der Waals surface area contributed by atoms with Crippen LogP contribution in [0.15, 0.2) is 66.7 Å². The van der Waals surface area contributed by atoms with Crippen LogP contribution in [-0.4, -0.2) is 13.9 Å². The maximum atomic E-state index is 12.4. The number of halogens is 4. The van der Waals surface area contributed by atoms with Gasteiger partial charge >= 0.3 is 15.6 Å². The van der Waals surface area contributed by atoms with Crippen LogP contribution in [-0.2, 0) is 16.7 Å². The van der Waals surface area contributed by atoms with Crippen LogP contribution in [0, 0.1) is 0 Å². The van der Waals surface area contributed by atoms with Gasteiger partial charge in [-0.3, -0.25) is 0 Å². The summed E-state index contributed by atoms with van der Waals surface area (Å²) in [6.45, 7) is 0.491. The molecule has 0 bridgehead atoms. The average Bonchev–Trinajstić information content (AvgIpc) is 2.71. The van der Waals surface area contributed by atoms with E-state index in [0.717, 1.165) is 17.7 Å². The minimum absolute atomic E-state index is 0.286. The molecule has 0 heterocycles. The van der Waals surface area contributed by atoms with Gasteiger partial charge in [-0.15, -0.1) is 0 Å². The molecule has 31 heavy (non-hydrogen) atoms. The van der Waals surface area contributed by atoms with Crippen LogP contribution in [0.1, 0.15) is 5.56 Å². The van der Waals surface area contributed by atoms with Gasteiger partial charge in [0.15, 0.2) is 0 Å². The Bertz CT molecular complexity index is 1150. The minimum Gasteiger partial charge on any atom is -0.457 e. The fourth-order valence-corrected chi connectivity index (χ4v) is 3.07. The van der Waals surface area contributed by atoms with Crippen LogP contribution in [0.25, 0.3) is 0 Å². The van der Waals surface area contributed by atoms with Crippen molar-refractivity contribution in [3.05, 3.63) is 77.3 Å². The molecule has 0 saturated carbocycles. The van der Waals surface area contributed by atoms with Crippen molar-refractivity contribution in [1.29, 1.82) is 0 Å². The lowest BCUT2D eigenvalue weighted by molar-refractivity contribution is -0.0500. The molecule has 0 radical (unpaired) electrons. The maximum Gasteiger partial charge on any atom is 0.534 e. The monoisotopic (exact) mass is 472 g/mol. The van der Waals surface area contributed by atoms with E-state index in [2.05, 4.69) is 9.50 Å². The number of hydrogen-bond acceptors (Lipinski definition) is 6. The van der Waals surface area contributed by atoms with Gasteiger partial charge in [0.1, 0.15) is 17.2 Å². The highest BCUT2D eigenvalue weighted by atomic mass is 35.5. The fraction of sp³-hybridized carbons (Fsp3) is 0.100. The second-order valence-electron chi connectivity index (χ2n) is 6.26. The summed E-state index contributed by atoms with van der Waals surface area (Å²) in [6.07, 6.45) is 0. The summed E-state index contributed by atoms with van der Waals surface area (Å²) in [6, 6.07) is 17.0. The quantitative estimate of drug-likeness (QED) is 0.266. The van der Waals surface area contributed by atoms with E-state index in [1.165, 1.54) is 12.1 Å². The number of para-hydroxylation sites is 1. The Balaban J connectivity index is 1.59. The highest BCUT2D eigenvalue weighted by Crippen LogP contribution is 2.30. The van der Waals surface area contributed by atoms with E-state index in [0.29, 0.717) is 28.7 Å². The Kier molecular flexibility index (Phi) is 6.51. The summed E-state index contributed by atoms with van der Waals surface area (Å²) < 4.78 is 68.7. The van der Waals surface area contributed by atoms with Crippen molar-refractivity contribution in [2.24, 2.45) is 0 Å². The molecule has 3 N–H and O–H groups in total. The topological polar surface area (TPSA) is 90.7 Å². The van der Waals surface area contributed by atoms with Crippen molar-refractivity contribution < 1.29 is 30.5 Å². The molecule has 0 saturated heterocycles. The molecule has 3 aromatic carbocycles. The molecule has 164 valence electrons. The van der Waals surface area contributed by atoms with Crippen molar-refractivity contribution in [2.75, 3.05) is 11.1 Å². The second kappa shape index (κ2) is 8.94. The Labute approximate surface area is 181 Å². The lowest BCUT2D eigenvalue weighted by Gasteiger charge is -2.12. The molecule has 3 aromatic rings. The van der Waals surface area contributed by atoms with E-state index >= 15 is 0 Å². The van der Waals surface area contributed by atoms with Gasteiger partial charge in [-0.2, -0.15) is 21.6 Å². The first-order valence-corrected chi connectivity index (χ1v) is 10.5. The Morgan fingerprint density at radius 3 is 2.03 bits per heavy atom. The van der Waals surface area contributed by atoms with Gasteiger partial charge < -0.3 is 20.0 Å². The average molecular weight is 473 g/mol. The number of rotatable bonds is 7. The maximum absolute atomic E-state index is 12.4. The fourth-order valence-electron chi connectivity index (χ4n) is 2.44. The molecule has 0 aliphatic rings. The molecule has 0 aliphatic heterocycles. The zero-order chi connectivity index (χ0) is 22.6. The molecule has 0 atom stereocenters. The molecule has 6 nitrogen and oxygen atoms in total. The highest BCUT2D eigenvalue weighted by molar-refractivity contribution is 7.88. The Morgan fingerprint density at radius 2 is 1.45 bits per heavy atom. The number of nitrogens with two attached hydrogens (primary N) is 1. The van der Waals surface area contributed by atoms with Crippen molar-refractivity contribution in [3.63, 3.8) is 0 Å². The van der Waals surface area contributed by atoms with Gasteiger partial charge in [0.2, 0.25) is 0 Å². The van der Waals surface area contributed by atoms with E-state index in [9.17, 15) is 21.6 Å². The van der Waals surface area contributed by atoms with Crippen LogP contribution in [0.2, 0.25) is 5.02 Å². The van der Waals surface area contributed by atoms with Crippen LogP contribution in [0.5, 0.6) is 17.2 Å². The summed E-state index contributed by atoms with van der Waals surface area (Å²) in [5.41, 5.74) is 2.51. The number of nitrogens with one attached hydrogen (secondary N) is 1. The van der Waals surface area contributed by atoms with Crippen LogP contribution >= 0.6 is 11.6 Å². The molecule has 3 rings (SSSR count). The lowest BCUT2D eigenvalue weighted by atomic mass is 10.2. The second-order valence-corrected chi connectivity index (χ2v) is 8.20. The van der Waals surface area contributed by atoms with E-state index < -0.39 is 21.4 Å². The Morgan fingerprint density at radius 1 is 0.903 bits per heavy atom. The zero-order valence-electron chi connectivity index (χ0n) is 15.7. The highest BCUT2D eigenvalue weighted by Gasteiger charge is 2.48. The first-order valence-electron chi connectivity index (χ1n) is 8.70. The van der Waals surface area contributed by atoms with Crippen LogP contribution < -0.4 is 20.0 Å². The van der Waals surface area contributed by atoms with Gasteiger partial charge in [-0.25, -0.2) is 0 Å². The SMILES string of the molecule is Nc1c(Cl)cccc1NCc1ccc(Oc2ccc(OS(=O)(=O)C(F)(F)F)cc2)cc1. The molecular formula is C20H16ClF3N2O4S. The molecule has 0 fully saturated rings. The largest absolute Gasteiger partial charge is 0.534 e. The van der Waals surface area contributed by atoms with E-state index in [1.54, 1.807) is 24.3 Å². The normalized spacial score (nSPS) is 11.7. The molecule has 0 aromatic heterocycles. The summed E-state index contributed by atoms with van der Waals surface area (Å²) in [5, 5.41) is 3.64. The van der Waals surface area contributed by atoms with Gasteiger partial charge in [0.05, 0.1) is 16.4 Å². The predicted octanol–water partition coefficient (Wildman–Crippen LogP) is 5.56. The molecule has 0 amide bonds. The summed E-state index contributed by atoms with van der Waals surface area (Å²) >= 11 is 5.99. The summed E-state index contributed by atoms with van der Waals surface area (Å²) in [4.78, 5) is 0. The predicted molar refractivity (Wildman–Crippen MR) is 112 cm³/mol. The number of benzene rings is 3. The number of alkyl halides is 3. The van der Waals surface area contributed by atoms with Crippen molar-refractivity contribution in [2.45, 2.75) is 12.1 Å². The third kappa shape index (κ3) is 5.74. The van der Waals surface area contributed by atoms with Gasteiger partial charge in [-0.1, -0.05) is 29.8 Å². The molecular weight excluding hydrogens is 457 g/mol. The number of ether oxygens (including phenoxy) is 1. The van der Waals surface area contributed by atoms with Crippen LogP contribution in [0.3, 0.4) is 0 Å². The first-order chi connectivity index (χ1) is 14.5. The third-order valence-corrected chi connectivity index (χ3v) is 5.32. The first kappa shape index (κ1) is 22.6. The summed E-state index contributed by atoms with van der Waals surface area (Å²) in [7, 11) is -5.72. The number of nitrogen functional groups attached to an aromatic ring is 1. The lowest BCUT2D eigenvalue weighted by Crippen LogP contribution is -2.27. The third-order valence-electron chi connectivity index (χ3n) is 4.01. The molecule has 0 unspecified atom stereocenters. The van der Waals surface area contributed by atoms with Crippen molar-refractivity contribution in [1.82, 2.24) is 0 Å². The molecule has 0 spiro atoms. The number of anilines is 2. The van der Waals surface area contributed by atoms with E-state index in [4.69, 9.17) is 22.1 Å². The van der Waals surface area contributed by atoms with E-state index in [1.807, 2.05) is 18.2 Å². The van der Waals surface area contributed by atoms with Crippen molar-refractivity contribution >= 4 is 33.1 Å². The van der Waals surface area contributed by atoms with Gasteiger partial charge in [0.25, 0.3) is 0 Å². The minimum atomic E-state index is -5.72. The van der Waals surface area contributed by atoms with Gasteiger partial charge in [-0.05, 0) is 54.1 Å². The molecule has 11 heteroatoms. The standard InChI is InChI=1S/C20H16ClF3N2O4S/c21-17-2-1-3-18(19(17)25)26-12-13-4-6-14(7-5-13)29-15-8-10-16(11-9-15)30-31(27,28)20(22,23)24/h1-11,26H,12,25H2. The number of hydrogen-bond donors (Lipinski definition) is 2.